The first-order chi connectivity index (χ1) is 26.7. The van der Waals surface area contributed by atoms with Gasteiger partial charge in [0.05, 0.1) is 5.41 Å². The van der Waals surface area contributed by atoms with Crippen LogP contribution in [0.4, 0.5) is 0 Å². The molecule has 7 aromatic rings. The van der Waals surface area contributed by atoms with E-state index in [4.69, 9.17) is 0 Å². The van der Waals surface area contributed by atoms with E-state index in [2.05, 4.69) is 230 Å². The van der Waals surface area contributed by atoms with Crippen LogP contribution >= 0.6 is 8.58 Å². The van der Waals surface area contributed by atoms with Crippen molar-refractivity contribution in [2.45, 2.75) is 63.4 Å². The molecule has 272 valence electrons. The Morgan fingerprint density at radius 3 is 1.11 bits per heavy atom. The van der Waals surface area contributed by atoms with Crippen molar-refractivity contribution < 1.29 is 0 Å². The van der Waals surface area contributed by atoms with Gasteiger partial charge in [0, 0.05) is 16.5 Å². The molecule has 0 heterocycles. The van der Waals surface area contributed by atoms with Gasteiger partial charge in [0.2, 0.25) is 0 Å². The van der Waals surface area contributed by atoms with Gasteiger partial charge < -0.3 is 0 Å². The Morgan fingerprint density at radius 1 is 0.364 bits per heavy atom. The van der Waals surface area contributed by atoms with Crippen molar-refractivity contribution in [2.24, 2.45) is 0 Å². The minimum Gasteiger partial charge on any atom is -0.0785 e. The smallest absolute Gasteiger partial charge is 0.0519 e. The number of rotatable bonds is 8. The fraction of sp³-hybridized carbons (Fsp3) is 0.185. The van der Waals surface area contributed by atoms with E-state index in [1.54, 1.807) is 0 Å². The van der Waals surface area contributed by atoms with Gasteiger partial charge in [-0.05, 0) is 80.2 Å². The molecule has 0 aromatic heterocycles. The molecule has 0 nitrogen and oxygen atoms in total. The van der Waals surface area contributed by atoms with Crippen molar-refractivity contribution in [3.8, 4) is 0 Å². The lowest BCUT2D eigenvalue weighted by Gasteiger charge is -2.65. The summed E-state index contributed by atoms with van der Waals surface area (Å²) in [6.45, 7) is 13.2. The van der Waals surface area contributed by atoms with Gasteiger partial charge in [-0.3, -0.25) is 0 Å². The quantitative estimate of drug-likeness (QED) is 0.108. The van der Waals surface area contributed by atoms with Gasteiger partial charge in [0.25, 0.3) is 0 Å². The summed E-state index contributed by atoms with van der Waals surface area (Å²) >= 11 is 0. The van der Waals surface area contributed by atoms with E-state index in [0.29, 0.717) is 8.58 Å². The van der Waals surface area contributed by atoms with Gasteiger partial charge in [-0.2, -0.15) is 0 Å². The Morgan fingerprint density at radius 2 is 0.709 bits per heavy atom. The number of allylic oxidation sites excluding steroid dienone is 2. The Balaban J connectivity index is 1.70. The van der Waals surface area contributed by atoms with Crippen LogP contribution in [0, 0.1) is 41.5 Å². The lowest BCUT2D eigenvalue weighted by atomic mass is 9.40. The molecule has 0 spiro atoms. The van der Waals surface area contributed by atoms with E-state index < -0.39 is 16.0 Å². The minimum atomic E-state index is -0.681. The zero-order valence-corrected chi connectivity index (χ0v) is 34.0. The van der Waals surface area contributed by atoms with Gasteiger partial charge >= 0.3 is 0 Å². The van der Waals surface area contributed by atoms with Gasteiger partial charge in [0.15, 0.2) is 0 Å². The number of aryl methyl sites for hydroxylation is 6. The summed E-state index contributed by atoms with van der Waals surface area (Å²) in [5, 5.41) is 0.801. The zero-order chi connectivity index (χ0) is 38.2. The van der Waals surface area contributed by atoms with Crippen LogP contribution in [0.3, 0.4) is 0 Å². The topological polar surface area (TPSA) is 0 Å². The van der Waals surface area contributed by atoms with Crippen LogP contribution in [0.1, 0.15) is 72.7 Å². The van der Waals surface area contributed by atoms with Crippen LogP contribution in [0.25, 0.3) is 0 Å². The molecule has 1 aliphatic carbocycles. The van der Waals surface area contributed by atoms with E-state index in [1.165, 1.54) is 72.1 Å². The molecular weight excluding hydrogens is 680 g/mol. The Kier molecular flexibility index (Phi) is 9.83. The predicted molar refractivity (Wildman–Crippen MR) is 237 cm³/mol. The first-order valence-electron chi connectivity index (χ1n) is 19.6. The molecule has 1 aliphatic rings. The van der Waals surface area contributed by atoms with E-state index in [0.717, 1.165) is 0 Å². The molecule has 0 fully saturated rings. The zero-order valence-electron chi connectivity index (χ0n) is 33.0. The molecule has 3 atom stereocenters. The van der Waals surface area contributed by atoms with Crippen molar-refractivity contribution in [3.63, 3.8) is 0 Å². The molecular formula is C54H51P. The van der Waals surface area contributed by atoms with E-state index >= 15 is 0 Å². The third kappa shape index (κ3) is 6.13. The van der Waals surface area contributed by atoms with Gasteiger partial charge in [0.1, 0.15) is 0 Å². The average molecular weight is 731 g/mol. The number of hydrogen-bond donors (Lipinski definition) is 0. The van der Waals surface area contributed by atoms with Crippen molar-refractivity contribution in [1.82, 2.24) is 0 Å². The van der Waals surface area contributed by atoms with Gasteiger partial charge in [-0.15, -0.1) is 0 Å². The molecule has 55 heavy (non-hydrogen) atoms. The number of benzene rings is 7. The summed E-state index contributed by atoms with van der Waals surface area (Å²) in [6, 6.07) is 68.4. The summed E-state index contributed by atoms with van der Waals surface area (Å²) in [5.74, 6) is -0.0275. The molecule has 3 unspecified atom stereocenters. The van der Waals surface area contributed by atoms with Crippen molar-refractivity contribution in [3.05, 3.63) is 255 Å². The van der Waals surface area contributed by atoms with Crippen LogP contribution in [-0.2, 0) is 16.0 Å². The molecule has 0 aliphatic heterocycles. The largest absolute Gasteiger partial charge is 0.0785 e. The molecule has 0 N–H and O–H groups in total. The fourth-order valence-corrected chi connectivity index (χ4v) is 11.5. The second-order valence-electron chi connectivity index (χ2n) is 15.9. The molecule has 7 aromatic carbocycles. The summed E-state index contributed by atoms with van der Waals surface area (Å²) in [5.41, 5.74) is 14.1. The normalized spacial score (nSPS) is 18.8. The summed E-state index contributed by atoms with van der Waals surface area (Å²) in [6.07, 6.45) is 5.24. The standard InChI is InChI=1S/C54H51P/c1-38-12-24-44(25-13-38)51-36-37-52(45-26-14-39(2)15-27-45,55-50-10-8-7-9-11-50)54(48-32-20-42(5)21-33-48,49-34-22-43(6)23-35-49)53(51,46-28-16-40(3)17-29-46)47-30-18-41(4)19-31-47/h7-37,51,55H,1-6H3. The summed E-state index contributed by atoms with van der Waals surface area (Å²) in [4.78, 5) is 0. The van der Waals surface area contributed by atoms with Crippen LogP contribution in [0.5, 0.6) is 0 Å². The van der Waals surface area contributed by atoms with Crippen molar-refractivity contribution in [1.29, 1.82) is 0 Å². The highest BCUT2D eigenvalue weighted by atomic mass is 31.1. The van der Waals surface area contributed by atoms with Crippen LogP contribution in [0.2, 0.25) is 0 Å². The monoisotopic (exact) mass is 730 g/mol. The highest BCUT2D eigenvalue weighted by Crippen LogP contribution is 2.73. The van der Waals surface area contributed by atoms with Crippen molar-refractivity contribution >= 4 is 13.9 Å². The first-order valence-corrected chi connectivity index (χ1v) is 20.6. The molecule has 8 rings (SSSR count). The van der Waals surface area contributed by atoms with Gasteiger partial charge in [-0.1, -0.05) is 230 Å². The first kappa shape index (κ1) is 36.7. The molecule has 0 radical (unpaired) electrons. The Bertz CT molecular complexity index is 2310. The maximum Gasteiger partial charge on any atom is 0.0519 e. The molecule has 0 bridgehead atoms. The highest BCUT2D eigenvalue weighted by Gasteiger charge is 2.69. The molecule has 1 heteroatoms. The van der Waals surface area contributed by atoms with E-state index in [1.807, 2.05) is 0 Å². The lowest BCUT2D eigenvalue weighted by molar-refractivity contribution is 0.220. The SMILES string of the molecule is Cc1ccc(C2C=CC(Pc3ccccc3)(c3ccc(C)cc3)C(c3ccc(C)cc3)(c3ccc(C)cc3)C2(c2ccc(C)cc2)c2ccc(C)cc2)cc1. The van der Waals surface area contributed by atoms with E-state index in [9.17, 15) is 0 Å². The number of hydrogen-bond acceptors (Lipinski definition) is 0. The molecule has 0 amide bonds. The second-order valence-corrected chi connectivity index (χ2v) is 17.6. The van der Waals surface area contributed by atoms with Crippen molar-refractivity contribution in [2.75, 3.05) is 0 Å². The predicted octanol–water partition coefficient (Wildman–Crippen LogP) is 13.1. The summed E-state index contributed by atoms with van der Waals surface area (Å²) < 4.78 is 0. The van der Waals surface area contributed by atoms with Crippen LogP contribution in [0.15, 0.2) is 188 Å². The fourth-order valence-electron chi connectivity index (χ4n) is 9.55. The highest BCUT2D eigenvalue weighted by molar-refractivity contribution is 7.49. The maximum atomic E-state index is 2.65. The minimum absolute atomic E-state index is 0.0275. The molecule has 0 saturated carbocycles. The maximum absolute atomic E-state index is 2.65. The van der Waals surface area contributed by atoms with Gasteiger partial charge in [-0.25, -0.2) is 0 Å². The lowest BCUT2D eigenvalue weighted by Crippen LogP contribution is -2.65. The average Bonchev–Trinajstić information content (AvgIpc) is 3.20. The third-order valence-electron chi connectivity index (χ3n) is 12.2. The summed E-state index contributed by atoms with van der Waals surface area (Å²) in [7, 11) is 0.406. The van der Waals surface area contributed by atoms with Crippen LogP contribution < -0.4 is 5.30 Å². The second kappa shape index (κ2) is 14.7. The third-order valence-corrected chi connectivity index (χ3v) is 14.1. The Labute approximate surface area is 330 Å². The van der Waals surface area contributed by atoms with E-state index in [-0.39, 0.29) is 5.92 Å². The molecule has 0 saturated heterocycles. The Hall–Kier alpha value is -5.29. The van der Waals surface area contributed by atoms with Crippen LogP contribution in [-0.4, -0.2) is 0 Å².